The summed E-state index contributed by atoms with van der Waals surface area (Å²) in [6.45, 7) is 1.66. The Labute approximate surface area is 115 Å². The van der Waals surface area contributed by atoms with Gasteiger partial charge in [-0.3, -0.25) is 4.79 Å². The molecule has 0 amide bonds. The number of carbonyl (C=O) groups excluding carboxylic acids is 1. The molecule has 0 aliphatic rings. The molecule has 19 heavy (non-hydrogen) atoms. The molecule has 1 atom stereocenters. The minimum absolute atomic E-state index is 0.253. The van der Waals surface area contributed by atoms with E-state index < -0.39 is 15.8 Å². The van der Waals surface area contributed by atoms with Crippen molar-refractivity contribution < 1.29 is 22.3 Å². The Bertz CT molecular complexity index is 574. The van der Waals surface area contributed by atoms with Gasteiger partial charge in [0.1, 0.15) is 5.82 Å². The van der Waals surface area contributed by atoms with Crippen molar-refractivity contribution in [2.45, 2.75) is 16.7 Å². The second-order valence-electron chi connectivity index (χ2n) is 3.87. The molecule has 2 N–H and O–H groups in total. The number of benzene rings is 1. The first-order chi connectivity index (χ1) is 8.75. The molecule has 0 aromatic heterocycles. The van der Waals surface area contributed by atoms with E-state index in [9.17, 15) is 17.6 Å². The van der Waals surface area contributed by atoms with Gasteiger partial charge in [-0.1, -0.05) is 6.92 Å². The lowest BCUT2D eigenvalue weighted by atomic mass is 10.2. The molecule has 0 fully saturated rings. The standard InChI is InChI=1S/C11H14FNO4S2/c1-7(11(14)17-2)6-18-10-4-3-8(5-9(10)12)19(13,15)16/h3-5,7H,6H2,1-2H3,(H2,13,15,16). The molecular formula is C11H14FNO4S2. The molecule has 0 aliphatic carbocycles. The molecule has 0 saturated carbocycles. The van der Waals surface area contributed by atoms with Crippen LogP contribution in [0, 0.1) is 11.7 Å². The highest BCUT2D eigenvalue weighted by atomic mass is 32.2. The van der Waals surface area contributed by atoms with Crippen molar-refractivity contribution in [1.29, 1.82) is 0 Å². The van der Waals surface area contributed by atoms with Crippen molar-refractivity contribution in [2.24, 2.45) is 11.1 Å². The first-order valence-corrected chi connectivity index (χ1v) is 7.82. The number of primary sulfonamides is 1. The average Bonchev–Trinajstić information content (AvgIpc) is 2.34. The van der Waals surface area contributed by atoms with Crippen LogP contribution in [0.15, 0.2) is 28.0 Å². The Hall–Kier alpha value is -1.12. The fraction of sp³-hybridized carbons (Fsp3) is 0.364. The van der Waals surface area contributed by atoms with E-state index in [1.807, 2.05) is 0 Å². The zero-order valence-electron chi connectivity index (χ0n) is 10.4. The minimum Gasteiger partial charge on any atom is -0.469 e. The predicted octanol–water partition coefficient (Wildman–Crippen LogP) is 1.37. The molecular weight excluding hydrogens is 293 g/mol. The van der Waals surface area contributed by atoms with Gasteiger partial charge in [-0.2, -0.15) is 0 Å². The molecule has 1 aromatic rings. The molecule has 0 aliphatic heterocycles. The van der Waals surface area contributed by atoms with Crippen LogP contribution in [0.1, 0.15) is 6.92 Å². The van der Waals surface area contributed by atoms with E-state index in [1.54, 1.807) is 6.92 Å². The molecule has 0 heterocycles. The van der Waals surface area contributed by atoms with Crippen LogP contribution >= 0.6 is 11.8 Å². The number of ether oxygens (including phenoxy) is 1. The maximum Gasteiger partial charge on any atom is 0.309 e. The van der Waals surface area contributed by atoms with E-state index in [0.29, 0.717) is 5.75 Å². The summed E-state index contributed by atoms with van der Waals surface area (Å²) in [6.07, 6.45) is 0. The van der Waals surface area contributed by atoms with Crippen molar-refractivity contribution >= 4 is 27.8 Å². The van der Waals surface area contributed by atoms with Crippen LogP contribution in [0.5, 0.6) is 0 Å². The number of carbonyl (C=O) groups is 1. The zero-order chi connectivity index (χ0) is 14.6. The van der Waals surface area contributed by atoms with Crippen molar-refractivity contribution in [2.75, 3.05) is 12.9 Å². The fourth-order valence-corrected chi connectivity index (χ4v) is 2.71. The first kappa shape index (κ1) is 15.9. The summed E-state index contributed by atoms with van der Waals surface area (Å²) in [5.74, 6) is -1.12. The topological polar surface area (TPSA) is 86.5 Å². The highest BCUT2D eigenvalue weighted by molar-refractivity contribution is 7.99. The largest absolute Gasteiger partial charge is 0.469 e. The van der Waals surface area contributed by atoms with Crippen molar-refractivity contribution in [1.82, 2.24) is 0 Å². The van der Waals surface area contributed by atoms with E-state index in [0.717, 1.165) is 17.8 Å². The van der Waals surface area contributed by atoms with E-state index in [-0.39, 0.29) is 21.7 Å². The number of rotatable bonds is 5. The number of esters is 1. The number of thioether (sulfide) groups is 1. The molecule has 0 spiro atoms. The van der Waals surface area contributed by atoms with Crippen LogP contribution in [0.3, 0.4) is 0 Å². The molecule has 1 aromatic carbocycles. The monoisotopic (exact) mass is 307 g/mol. The quantitative estimate of drug-likeness (QED) is 0.656. The molecule has 1 rings (SSSR count). The lowest BCUT2D eigenvalue weighted by molar-refractivity contribution is -0.143. The summed E-state index contributed by atoms with van der Waals surface area (Å²) in [6, 6.07) is 3.41. The van der Waals surface area contributed by atoms with Crippen LogP contribution in [0.2, 0.25) is 0 Å². The first-order valence-electron chi connectivity index (χ1n) is 5.28. The maximum atomic E-state index is 13.7. The lowest BCUT2D eigenvalue weighted by Gasteiger charge is -2.09. The summed E-state index contributed by atoms with van der Waals surface area (Å²) in [5.41, 5.74) is 0. The van der Waals surface area contributed by atoms with Crippen molar-refractivity contribution in [3.63, 3.8) is 0 Å². The minimum atomic E-state index is -3.91. The van der Waals surface area contributed by atoms with E-state index in [2.05, 4.69) is 4.74 Å². The predicted molar refractivity (Wildman–Crippen MR) is 69.7 cm³/mol. The Kier molecular flexibility index (Phi) is 5.33. The molecule has 0 radical (unpaired) electrons. The summed E-state index contributed by atoms with van der Waals surface area (Å²) < 4.78 is 40.3. The van der Waals surface area contributed by atoms with Gasteiger partial charge >= 0.3 is 5.97 Å². The lowest BCUT2D eigenvalue weighted by Crippen LogP contribution is -2.15. The Morgan fingerprint density at radius 1 is 1.53 bits per heavy atom. The third-order valence-electron chi connectivity index (χ3n) is 2.32. The molecule has 0 saturated heterocycles. The second-order valence-corrected chi connectivity index (χ2v) is 6.50. The van der Waals surface area contributed by atoms with Gasteiger partial charge in [0.05, 0.1) is 17.9 Å². The smallest absolute Gasteiger partial charge is 0.309 e. The number of nitrogens with two attached hydrogens (primary N) is 1. The summed E-state index contributed by atoms with van der Waals surface area (Å²) >= 11 is 1.11. The number of hydrogen-bond acceptors (Lipinski definition) is 5. The van der Waals surface area contributed by atoms with Gasteiger partial charge in [-0.25, -0.2) is 17.9 Å². The third-order valence-corrected chi connectivity index (χ3v) is 4.54. The second kappa shape index (κ2) is 6.36. The van der Waals surface area contributed by atoms with Gasteiger partial charge in [-0.15, -0.1) is 11.8 Å². The number of sulfonamides is 1. The highest BCUT2D eigenvalue weighted by Crippen LogP contribution is 2.26. The number of halogens is 1. The van der Waals surface area contributed by atoms with Crippen LogP contribution in [0.25, 0.3) is 0 Å². The van der Waals surface area contributed by atoms with Gasteiger partial charge in [0, 0.05) is 10.6 Å². The van der Waals surface area contributed by atoms with Crippen LogP contribution in [-0.2, 0) is 19.6 Å². The molecule has 8 heteroatoms. The van der Waals surface area contributed by atoms with Gasteiger partial charge in [0.15, 0.2) is 0 Å². The number of methoxy groups -OCH3 is 1. The highest BCUT2D eigenvalue weighted by Gasteiger charge is 2.16. The van der Waals surface area contributed by atoms with Crippen molar-refractivity contribution in [3.05, 3.63) is 24.0 Å². The average molecular weight is 307 g/mol. The molecule has 106 valence electrons. The van der Waals surface area contributed by atoms with E-state index in [1.165, 1.54) is 19.2 Å². The molecule has 0 bridgehead atoms. The number of hydrogen-bond donors (Lipinski definition) is 1. The van der Waals surface area contributed by atoms with E-state index >= 15 is 0 Å². The molecule has 1 unspecified atom stereocenters. The van der Waals surface area contributed by atoms with Crippen LogP contribution in [-0.4, -0.2) is 27.2 Å². The van der Waals surface area contributed by atoms with Gasteiger partial charge in [0.2, 0.25) is 10.0 Å². The van der Waals surface area contributed by atoms with Crippen LogP contribution in [0.4, 0.5) is 4.39 Å². The normalized spacial score (nSPS) is 13.1. The summed E-state index contributed by atoms with van der Waals surface area (Å²) in [4.78, 5) is 11.1. The van der Waals surface area contributed by atoms with Gasteiger partial charge in [0.25, 0.3) is 0 Å². The Morgan fingerprint density at radius 2 is 2.16 bits per heavy atom. The van der Waals surface area contributed by atoms with Gasteiger partial charge < -0.3 is 4.74 Å². The fourth-order valence-electron chi connectivity index (χ4n) is 1.26. The van der Waals surface area contributed by atoms with Gasteiger partial charge in [-0.05, 0) is 18.2 Å². The Morgan fingerprint density at radius 3 is 2.63 bits per heavy atom. The summed E-state index contributed by atoms with van der Waals surface area (Å²) in [7, 11) is -2.63. The zero-order valence-corrected chi connectivity index (χ0v) is 12.1. The Balaban J connectivity index is 2.79. The molecule has 5 nitrogen and oxygen atoms in total. The van der Waals surface area contributed by atoms with Crippen molar-refractivity contribution in [3.8, 4) is 0 Å². The van der Waals surface area contributed by atoms with Crippen LogP contribution < -0.4 is 5.14 Å². The maximum absolute atomic E-state index is 13.7. The third kappa shape index (κ3) is 4.48. The summed E-state index contributed by atoms with van der Waals surface area (Å²) in [5, 5.41) is 4.89. The SMILES string of the molecule is COC(=O)C(C)CSc1ccc(S(N)(=O)=O)cc1F. The van der Waals surface area contributed by atoms with E-state index in [4.69, 9.17) is 5.14 Å².